The van der Waals surface area contributed by atoms with Gasteiger partial charge < -0.3 is 4.90 Å². The van der Waals surface area contributed by atoms with Crippen LogP contribution in [0.15, 0.2) is 12.1 Å². The van der Waals surface area contributed by atoms with Gasteiger partial charge in [-0.05, 0) is 56.8 Å². The summed E-state index contributed by atoms with van der Waals surface area (Å²) in [6.07, 6.45) is 1.23. The number of alkyl halides is 3. The molecular formula is C18H20Cl2F3NO. The summed E-state index contributed by atoms with van der Waals surface area (Å²) in [5.74, 6) is -0.0418. The van der Waals surface area contributed by atoms with Crippen molar-refractivity contribution in [2.75, 3.05) is 13.1 Å². The zero-order valence-electron chi connectivity index (χ0n) is 13.7. The minimum absolute atomic E-state index is 0.0170. The number of rotatable bonds is 4. The molecule has 0 bridgehead atoms. The maximum Gasteiger partial charge on any atom is 0.416 e. The quantitative estimate of drug-likeness (QED) is 0.597. The van der Waals surface area contributed by atoms with Crippen LogP contribution in [-0.2, 0) is 6.18 Å². The predicted molar refractivity (Wildman–Crippen MR) is 92.3 cm³/mol. The van der Waals surface area contributed by atoms with Crippen LogP contribution in [0.1, 0.15) is 54.4 Å². The van der Waals surface area contributed by atoms with Gasteiger partial charge in [-0.15, -0.1) is 0 Å². The summed E-state index contributed by atoms with van der Waals surface area (Å²) in [5, 5.41) is -0.443. The summed E-state index contributed by atoms with van der Waals surface area (Å²) in [5.41, 5.74) is -0.918. The highest BCUT2D eigenvalue weighted by Crippen LogP contribution is 2.39. The Morgan fingerprint density at radius 3 is 2.24 bits per heavy atom. The molecule has 25 heavy (non-hydrogen) atoms. The van der Waals surface area contributed by atoms with Gasteiger partial charge >= 0.3 is 6.18 Å². The van der Waals surface area contributed by atoms with Gasteiger partial charge in [-0.3, -0.25) is 4.79 Å². The number of nitrogens with zero attached hydrogens (tertiary/aromatic N) is 1. The minimum atomic E-state index is -4.54. The number of hydrogen-bond donors (Lipinski definition) is 0. The monoisotopic (exact) mass is 393 g/mol. The van der Waals surface area contributed by atoms with Gasteiger partial charge in [-0.25, -0.2) is 0 Å². The summed E-state index contributed by atoms with van der Waals surface area (Å²) in [7, 11) is 0. The van der Waals surface area contributed by atoms with Crippen LogP contribution < -0.4 is 0 Å². The summed E-state index contributed by atoms with van der Waals surface area (Å²) >= 11 is 11.9. The number of carbonyl (C=O) groups is 1. The van der Waals surface area contributed by atoms with Crippen molar-refractivity contribution >= 4 is 29.0 Å². The Labute approximate surface area is 155 Å². The molecule has 0 radical (unpaired) electrons. The Balaban J connectivity index is 1.77. The summed E-state index contributed by atoms with van der Waals surface area (Å²) < 4.78 is 38.5. The molecule has 1 saturated carbocycles. The van der Waals surface area contributed by atoms with E-state index in [-0.39, 0.29) is 33.7 Å². The number of ketones is 1. The Morgan fingerprint density at radius 2 is 1.68 bits per heavy atom. The number of halogens is 5. The van der Waals surface area contributed by atoms with Gasteiger partial charge in [0.05, 0.1) is 21.2 Å². The van der Waals surface area contributed by atoms with Crippen molar-refractivity contribution in [2.45, 2.75) is 50.7 Å². The molecule has 2 aliphatic rings. The second-order valence-corrected chi connectivity index (χ2v) is 7.76. The lowest BCUT2D eigenvalue weighted by Crippen LogP contribution is -2.36. The van der Waals surface area contributed by atoms with E-state index < -0.39 is 11.7 Å². The van der Waals surface area contributed by atoms with E-state index in [0.717, 1.165) is 44.5 Å². The molecule has 1 saturated heterocycles. The highest BCUT2D eigenvalue weighted by Gasteiger charge is 2.36. The third kappa shape index (κ3) is 4.15. The molecule has 1 aliphatic carbocycles. The number of benzene rings is 1. The van der Waals surface area contributed by atoms with Crippen LogP contribution in [0.4, 0.5) is 13.2 Å². The fraction of sp³-hybridized carbons (Fsp3) is 0.611. The topological polar surface area (TPSA) is 20.3 Å². The lowest BCUT2D eigenvalue weighted by molar-refractivity contribution is -0.137. The average Bonchev–Trinajstić information content (AvgIpc) is 3.15. The van der Waals surface area contributed by atoms with E-state index in [1.165, 1.54) is 12.8 Å². The van der Waals surface area contributed by atoms with Gasteiger partial charge in [0.1, 0.15) is 0 Å². The molecule has 1 aromatic carbocycles. The minimum Gasteiger partial charge on any atom is -0.300 e. The highest BCUT2D eigenvalue weighted by molar-refractivity contribution is 6.40. The molecule has 0 N–H and O–H groups in total. The largest absolute Gasteiger partial charge is 0.416 e. The number of likely N-dealkylation sites (tertiary alicyclic amines) is 1. The average molecular weight is 394 g/mol. The van der Waals surface area contributed by atoms with Crippen LogP contribution in [-0.4, -0.2) is 29.8 Å². The third-order valence-corrected chi connectivity index (χ3v) is 5.92. The van der Waals surface area contributed by atoms with Crippen molar-refractivity contribution in [3.8, 4) is 0 Å². The Morgan fingerprint density at radius 1 is 1.08 bits per heavy atom. The number of Topliss-reactive ketones (excluding diaryl/α,β-unsaturated/α-hetero) is 1. The van der Waals surface area contributed by atoms with Crippen LogP contribution in [0.25, 0.3) is 0 Å². The van der Waals surface area contributed by atoms with Crippen LogP contribution in [0.3, 0.4) is 0 Å². The second-order valence-electron chi connectivity index (χ2n) is 6.94. The maximum absolute atomic E-state index is 12.8. The van der Waals surface area contributed by atoms with Crippen LogP contribution >= 0.6 is 23.2 Å². The second kappa shape index (κ2) is 7.45. The van der Waals surface area contributed by atoms with Crippen molar-refractivity contribution in [3.05, 3.63) is 33.3 Å². The lowest BCUT2D eigenvalue weighted by Gasteiger charge is -2.29. The van der Waals surface area contributed by atoms with Crippen molar-refractivity contribution in [1.82, 2.24) is 4.90 Å². The smallest absolute Gasteiger partial charge is 0.300 e. The maximum atomic E-state index is 12.8. The third-order valence-electron chi connectivity index (χ3n) is 5.32. The molecule has 7 heteroatoms. The first kappa shape index (κ1) is 19.0. The van der Waals surface area contributed by atoms with Crippen molar-refractivity contribution in [2.24, 2.45) is 5.92 Å². The molecule has 1 aromatic rings. The van der Waals surface area contributed by atoms with Gasteiger partial charge in [0.25, 0.3) is 0 Å². The van der Waals surface area contributed by atoms with E-state index in [4.69, 9.17) is 23.2 Å². The fourth-order valence-corrected chi connectivity index (χ4v) is 4.85. The van der Waals surface area contributed by atoms with Gasteiger partial charge in [0.15, 0.2) is 5.78 Å². The molecule has 1 aliphatic heterocycles. The summed E-state index contributed by atoms with van der Waals surface area (Å²) in [6, 6.07) is 1.96. The van der Waals surface area contributed by atoms with Gasteiger partial charge in [-0.1, -0.05) is 29.6 Å². The van der Waals surface area contributed by atoms with E-state index in [9.17, 15) is 18.0 Å². The Kier molecular flexibility index (Phi) is 5.66. The fourth-order valence-electron chi connectivity index (χ4n) is 4.15. The van der Waals surface area contributed by atoms with Crippen LogP contribution in [0, 0.1) is 5.92 Å². The SMILES string of the molecule is O=C(C[C@@H]1CCC[C@@H]1N1CCCC1)c1c(Cl)cc(C(F)(F)F)cc1Cl. The molecule has 3 rings (SSSR count). The molecule has 2 nitrogen and oxygen atoms in total. The number of carbonyl (C=O) groups excluding carboxylic acids is 1. The van der Waals surface area contributed by atoms with E-state index >= 15 is 0 Å². The molecule has 1 heterocycles. The van der Waals surface area contributed by atoms with Crippen molar-refractivity contribution in [3.63, 3.8) is 0 Å². The normalized spacial score (nSPS) is 24.8. The van der Waals surface area contributed by atoms with Crippen LogP contribution in [0.5, 0.6) is 0 Å². The molecule has 2 atom stereocenters. The van der Waals surface area contributed by atoms with E-state index in [2.05, 4.69) is 4.90 Å². The van der Waals surface area contributed by atoms with Gasteiger partial charge in [-0.2, -0.15) is 13.2 Å². The molecule has 0 unspecified atom stereocenters. The van der Waals surface area contributed by atoms with E-state index in [1.807, 2.05) is 0 Å². The van der Waals surface area contributed by atoms with Crippen molar-refractivity contribution < 1.29 is 18.0 Å². The molecule has 0 aromatic heterocycles. The van der Waals surface area contributed by atoms with E-state index in [1.54, 1.807) is 0 Å². The van der Waals surface area contributed by atoms with Crippen LogP contribution in [0.2, 0.25) is 10.0 Å². The van der Waals surface area contributed by atoms with Crippen molar-refractivity contribution in [1.29, 1.82) is 0 Å². The standard InChI is InChI=1S/C18H20Cl2F3NO/c19-13-9-12(18(21,22)23)10-14(20)17(13)16(25)8-11-4-3-5-15(11)24-6-1-2-7-24/h9-11,15H,1-8H2/t11-,15-/m0/s1. The summed E-state index contributed by atoms with van der Waals surface area (Å²) in [4.78, 5) is 15.1. The first-order chi connectivity index (χ1) is 11.8. The Hall–Kier alpha value is -0.780. The first-order valence-electron chi connectivity index (χ1n) is 8.61. The van der Waals surface area contributed by atoms with Gasteiger partial charge in [0.2, 0.25) is 0 Å². The highest BCUT2D eigenvalue weighted by atomic mass is 35.5. The lowest BCUT2D eigenvalue weighted by atomic mass is 9.92. The molecule has 0 amide bonds. The zero-order chi connectivity index (χ0) is 18.2. The first-order valence-corrected chi connectivity index (χ1v) is 9.36. The number of hydrogen-bond acceptors (Lipinski definition) is 2. The molecule has 138 valence electrons. The Bertz CT molecular complexity index is 633. The van der Waals surface area contributed by atoms with Gasteiger partial charge in [0, 0.05) is 12.5 Å². The van der Waals surface area contributed by atoms with E-state index in [0.29, 0.717) is 6.04 Å². The zero-order valence-corrected chi connectivity index (χ0v) is 15.2. The molecular weight excluding hydrogens is 374 g/mol. The summed E-state index contributed by atoms with van der Waals surface area (Å²) in [6.45, 7) is 2.13. The predicted octanol–water partition coefficient (Wildman–Crippen LogP) is 5.85. The molecule has 2 fully saturated rings. The molecule has 0 spiro atoms.